The number of hydrogen-bond acceptors (Lipinski definition) is 3. The van der Waals surface area contributed by atoms with E-state index in [9.17, 15) is 4.79 Å². The van der Waals surface area contributed by atoms with Crippen molar-refractivity contribution >= 4 is 11.9 Å². The fourth-order valence-corrected chi connectivity index (χ4v) is 3.19. The second-order valence-electron chi connectivity index (χ2n) is 6.69. The van der Waals surface area contributed by atoms with Crippen LogP contribution in [0.1, 0.15) is 36.7 Å². The van der Waals surface area contributed by atoms with E-state index in [-0.39, 0.29) is 5.91 Å². The molecule has 2 N–H and O–H groups in total. The summed E-state index contributed by atoms with van der Waals surface area (Å²) in [7, 11) is 0. The third-order valence-electron chi connectivity index (χ3n) is 4.54. The summed E-state index contributed by atoms with van der Waals surface area (Å²) >= 11 is 0. The van der Waals surface area contributed by atoms with Gasteiger partial charge in [-0.15, -0.1) is 0 Å². The molecule has 0 spiro atoms. The number of benzene rings is 1. The van der Waals surface area contributed by atoms with Gasteiger partial charge < -0.3 is 20.0 Å². The lowest BCUT2D eigenvalue weighted by Crippen LogP contribution is -2.38. The van der Waals surface area contributed by atoms with Gasteiger partial charge >= 0.3 is 0 Å². The fourth-order valence-electron chi connectivity index (χ4n) is 3.19. The Kier molecular flexibility index (Phi) is 6.90. The Morgan fingerprint density at radius 2 is 2.11 bits per heavy atom. The van der Waals surface area contributed by atoms with Crippen LogP contribution in [0, 0.1) is 0 Å². The van der Waals surface area contributed by atoms with E-state index in [0.717, 1.165) is 55.3 Å². The highest BCUT2D eigenvalue weighted by molar-refractivity contribution is 5.79. The van der Waals surface area contributed by atoms with Crippen LogP contribution in [-0.4, -0.2) is 36.4 Å². The van der Waals surface area contributed by atoms with Crippen molar-refractivity contribution in [3.63, 3.8) is 0 Å². The molecule has 0 saturated carbocycles. The van der Waals surface area contributed by atoms with Gasteiger partial charge in [-0.2, -0.15) is 0 Å². The molecule has 1 saturated heterocycles. The number of hydrogen-bond donors (Lipinski definition) is 2. The molecule has 0 radical (unpaired) electrons. The molecule has 6 nitrogen and oxygen atoms in total. The van der Waals surface area contributed by atoms with E-state index in [2.05, 4.69) is 40.7 Å². The first kappa shape index (κ1) is 19.0. The third-order valence-corrected chi connectivity index (χ3v) is 4.54. The molecule has 2 heterocycles. The van der Waals surface area contributed by atoms with Crippen LogP contribution in [0.2, 0.25) is 0 Å². The van der Waals surface area contributed by atoms with Gasteiger partial charge in [-0.1, -0.05) is 24.3 Å². The molecule has 1 aromatic carbocycles. The first-order valence-corrected chi connectivity index (χ1v) is 9.64. The Morgan fingerprint density at radius 3 is 2.85 bits per heavy atom. The maximum Gasteiger partial charge on any atom is 0.222 e. The zero-order valence-electron chi connectivity index (χ0n) is 15.9. The molecule has 0 bridgehead atoms. The van der Waals surface area contributed by atoms with Crippen LogP contribution in [0.4, 0.5) is 0 Å². The molecule has 144 valence electrons. The first-order valence-electron chi connectivity index (χ1n) is 9.64. The van der Waals surface area contributed by atoms with Crippen LogP contribution in [0.25, 0.3) is 0 Å². The van der Waals surface area contributed by atoms with Gasteiger partial charge in [0.05, 0.1) is 12.8 Å². The Balaban J connectivity index is 1.54. The van der Waals surface area contributed by atoms with E-state index in [0.29, 0.717) is 19.5 Å². The monoisotopic (exact) mass is 368 g/mol. The van der Waals surface area contributed by atoms with Crippen molar-refractivity contribution in [1.29, 1.82) is 0 Å². The third kappa shape index (κ3) is 5.88. The molecule has 1 aliphatic heterocycles. The minimum atomic E-state index is 0.258. The Hall–Kier alpha value is -2.76. The average molecular weight is 368 g/mol. The van der Waals surface area contributed by atoms with Crippen molar-refractivity contribution in [3.8, 4) is 0 Å². The lowest BCUT2D eigenvalue weighted by atomic mass is 10.1. The molecule has 0 atom stereocenters. The summed E-state index contributed by atoms with van der Waals surface area (Å²) in [5.41, 5.74) is 2.30. The van der Waals surface area contributed by atoms with Gasteiger partial charge in [-0.3, -0.25) is 4.79 Å². The van der Waals surface area contributed by atoms with Crippen molar-refractivity contribution in [2.24, 2.45) is 4.99 Å². The number of carbonyl (C=O) groups is 1. The molecule has 6 heteroatoms. The standard InChI is InChI=1S/C21H28N4O2/c1-2-22-21(23-11-10-19-8-5-13-27-19)24-15-17-6-3-7-18(14-17)16-25-12-4-9-20(25)26/h3,5-8,13-14H,2,4,9-12,15-16H2,1H3,(H2,22,23,24). The van der Waals surface area contributed by atoms with Gasteiger partial charge in [0.1, 0.15) is 5.76 Å². The highest BCUT2D eigenvalue weighted by Crippen LogP contribution is 2.15. The summed E-state index contributed by atoms with van der Waals surface area (Å²) in [6, 6.07) is 12.2. The zero-order valence-corrected chi connectivity index (χ0v) is 15.9. The van der Waals surface area contributed by atoms with Crippen molar-refractivity contribution in [1.82, 2.24) is 15.5 Å². The summed E-state index contributed by atoms with van der Waals surface area (Å²) in [6.07, 6.45) is 4.16. The molecule has 2 aromatic rings. The summed E-state index contributed by atoms with van der Waals surface area (Å²) < 4.78 is 5.35. The Morgan fingerprint density at radius 1 is 1.22 bits per heavy atom. The van der Waals surface area contributed by atoms with E-state index < -0.39 is 0 Å². The van der Waals surface area contributed by atoms with Crippen LogP contribution in [-0.2, 0) is 24.3 Å². The lowest BCUT2D eigenvalue weighted by Gasteiger charge is -2.16. The molecule has 0 unspecified atom stereocenters. The largest absolute Gasteiger partial charge is 0.469 e. The van der Waals surface area contributed by atoms with Gasteiger partial charge in [0, 0.05) is 39.0 Å². The summed E-state index contributed by atoms with van der Waals surface area (Å²) in [6.45, 7) is 5.78. The van der Waals surface area contributed by atoms with E-state index >= 15 is 0 Å². The van der Waals surface area contributed by atoms with Crippen LogP contribution in [0.5, 0.6) is 0 Å². The molecule has 0 aliphatic carbocycles. The first-order chi connectivity index (χ1) is 13.2. The number of furan rings is 1. The topological polar surface area (TPSA) is 69.9 Å². The number of aliphatic imine (C=N–C) groups is 1. The van der Waals surface area contributed by atoms with Gasteiger partial charge in [-0.25, -0.2) is 4.99 Å². The predicted octanol–water partition coefficient (Wildman–Crippen LogP) is 2.70. The molecule has 1 aromatic heterocycles. The highest BCUT2D eigenvalue weighted by atomic mass is 16.3. The van der Waals surface area contributed by atoms with E-state index in [1.54, 1.807) is 6.26 Å². The number of nitrogens with one attached hydrogen (secondary N) is 2. The van der Waals surface area contributed by atoms with Crippen LogP contribution >= 0.6 is 0 Å². The van der Waals surface area contributed by atoms with E-state index in [1.807, 2.05) is 23.1 Å². The lowest BCUT2D eigenvalue weighted by molar-refractivity contribution is -0.128. The van der Waals surface area contributed by atoms with Gasteiger partial charge in [0.2, 0.25) is 5.91 Å². The van der Waals surface area contributed by atoms with Gasteiger partial charge in [-0.05, 0) is 36.6 Å². The van der Waals surface area contributed by atoms with Crippen LogP contribution < -0.4 is 10.6 Å². The minimum absolute atomic E-state index is 0.258. The smallest absolute Gasteiger partial charge is 0.222 e. The SMILES string of the molecule is CCNC(=NCc1cccc(CN2CCCC2=O)c1)NCCc1ccco1. The number of carbonyl (C=O) groups excluding carboxylic acids is 1. The van der Waals surface area contributed by atoms with Crippen molar-refractivity contribution < 1.29 is 9.21 Å². The maximum atomic E-state index is 11.8. The number of rotatable bonds is 8. The van der Waals surface area contributed by atoms with Crippen molar-refractivity contribution in [2.45, 2.75) is 39.3 Å². The van der Waals surface area contributed by atoms with Crippen molar-refractivity contribution in [3.05, 3.63) is 59.5 Å². The quantitative estimate of drug-likeness (QED) is 0.555. The van der Waals surface area contributed by atoms with Crippen molar-refractivity contribution in [2.75, 3.05) is 19.6 Å². The summed E-state index contributed by atoms with van der Waals surface area (Å²) in [4.78, 5) is 18.4. The van der Waals surface area contributed by atoms with Crippen LogP contribution in [0.3, 0.4) is 0 Å². The van der Waals surface area contributed by atoms with Gasteiger partial charge in [0.15, 0.2) is 5.96 Å². The van der Waals surface area contributed by atoms with Gasteiger partial charge in [0.25, 0.3) is 0 Å². The maximum absolute atomic E-state index is 11.8. The number of guanidine groups is 1. The summed E-state index contributed by atoms with van der Waals surface area (Å²) in [5.74, 6) is 2.01. The fraction of sp³-hybridized carbons (Fsp3) is 0.429. The second kappa shape index (κ2) is 9.80. The predicted molar refractivity (Wildman–Crippen MR) is 106 cm³/mol. The average Bonchev–Trinajstić information content (AvgIpc) is 3.32. The molecule has 1 aliphatic rings. The Bertz CT molecular complexity index is 755. The molecular weight excluding hydrogens is 340 g/mol. The molecule has 27 heavy (non-hydrogen) atoms. The normalized spacial score (nSPS) is 14.6. The zero-order chi connectivity index (χ0) is 18.9. The van der Waals surface area contributed by atoms with E-state index in [1.165, 1.54) is 0 Å². The molecular formula is C21H28N4O2. The number of nitrogens with zero attached hydrogens (tertiary/aromatic N) is 2. The molecule has 1 fully saturated rings. The molecule has 1 amide bonds. The summed E-state index contributed by atoms with van der Waals surface area (Å²) in [5, 5.41) is 6.60. The molecule has 3 rings (SSSR count). The van der Waals surface area contributed by atoms with E-state index in [4.69, 9.17) is 4.42 Å². The number of likely N-dealkylation sites (tertiary alicyclic amines) is 1. The second-order valence-corrected chi connectivity index (χ2v) is 6.69. The van der Waals surface area contributed by atoms with Crippen LogP contribution in [0.15, 0.2) is 52.1 Å². The Labute approximate surface area is 160 Å². The number of amides is 1. The highest BCUT2D eigenvalue weighted by Gasteiger charge is 2.19. The minimum Gasteiger partial charge on any atom is -0.469 e.